The number of fused-ring (bicyclic) bond motifs is 1. The van der Waals surface area contributed by atoms with Crippen LogP contribution in [0.25, 0.3) is 0 Å². The SMILES string of the molecule is COCCOc1ccc(Nc2nc(NC3CCCCN(C(=O)OC(C)(C)C)C3)c(F)c3c2C(=O)N(Cc2ccc(OC)cc2OC)C3)cc1. The first-order chi connectivity index (χ1) is 23.5. The number of hydrogen-bond acceptors (Lipinski definition) is 10. The van der Waals surface area contributed by atoms with Crippen LogP contribution in [0.1, 0.15) is 61.5 Å². The van der Waals surface area contributed by atoms with Gasteiger partial charge in [-0.15, -0.1) is 0 Å². The van der Waals surface area contributed by atoms with Crippen LogP contribution in [0.2, 0.25) is 0 Å². The van der Waals surface area contributed by atoms with Gasteiger partial charge in [0.2, 0.25) is 0 Å². The monoisotopic (exact) mass is 679 g/mol. The van der Waals surface area contributed by atoms with Crippen molar-refractivity contribution in [1.82, 2.24) is 14.8 Å². The van der Waals surface area contributed by atoms with Crippen LogP contribution in [0.3, 0.4) is 0 Å². The van der Waals surface area contributed by atoms with Crippen LogP contribution in [0, 0.1) is 5.82 Å². The number of carbonyl (C=O) groups is 2. The Kier molecular flexibility index (Phi) is 11.3. The van der Waals surface area contributed by atoms with Crippen molar-refractivity contribution in [2.75, 3.05) is 58.3 Å². The molecular weight excluding hydrogens is 633 g/mol. The molecule has 2 N–H and O–H groups in total. The van der Waals surface area contributed by atoms with Gasteiger partial charge in [-0.2, -0.15) is 0 Å². The number of nitrogens with one attached hydrogen (secondary N) is 2. The van der Waals surface area contributed by atoms with Crippen LogP contribution in [-0.2, 0) is 22.6 Å². The highest BCUT2D eigenvalue weighted by molar-refractivity contribution is 6.03. The number of ether oxygens (including phenoxy) is 5. The zero-order chi connectivity index (χ0) is 35.1. The molecule has 0 aliphatic carbocycles. The predicted molar refractivity (Wildman–Crippen MR) is 183 cm³/mol. The van der Waals surface area contributed by atoms with Crippen molar-refractivity contribution >= 4 is 29.3 Å². The zero-order valence-electron chi connectivity index (χ0n) is 29.1. The quantitative estimate of drug-likeness (QED) is 0.209. The second-order valence-electron chi connectivity index (χ2n) is 13.1. The fraction of sp³-hybridized carbons (Fsp3) is 0.472. The van der Waals surface area contributed by atoms with E-state index in [9.17, 15) is 9.59 Å². The van der Waals surface area contributed by atoms with E-state index in [1.54, 1.807) is 67.5 Å². The van der Waals surface area contributed by atoms with E-state index in [4.69, 9.17) is 23.7 Å². The summed E-state index contributed by atoms with van der Waals surface area (Å²) in [6, 6.07) is 12.3. The molecule has 2 aliphatic rings. The molecule has 1 fully saturated rings. The smallest absolute Gasteiger partial charge is 0.410 e. The molecule has 0 saturated carbocycles. The molecule has 264 valence electrons. The van der Waals surface area contributed by atoms with Crippen LogP contribution in [0.15, 0.2) is 42.5 Å². The van der Waals surface area contributed by atoms with Crippen molar-refractivity contribution in [3.8, 4) is 17.2 Å². The van der Waals surface area contributed by atoms with Gasteiger partial charge in [0.25, 0.3) is 5.91 Å². The number of halogens is 1. The second-order valence-corrected chi connectivity index (χ2v) is 13.1. The number of likely N-dealkylation sites (tertiary alicyclic amines) is 1. The van der Waals surface area contributed by atoms with E-state index in [0.29, 0.717) is 55.7 Å². The number of rotatable bonds is 12. The summed E-state index contributed by atoms with van der Waals surface area (Å²) in [7, 11) is 4.72. The normalized spacial score (nSPS) is 16.1. The molecule has 5 rings (SSSR count). The van der Waals surface area contributed by atoms with E-state index in [1.807, 2.05) is 26.8 Å². The average molecular weight is 680 g/mol. The number of hydrogen-bond donors (Lipinski definition) is 2. The number of aromatic nitrogens is 1. The summed E-state index contributed by atoms with van der Waals surface area (Å²) in [5.41, 5.74) is 1.14. The van der Waals surface area contributed by atoms with E-state index >= 15 is 4.39 Å². The Hall–Kier alpha value is -4.78. The maximum absolute atomic E-state index is 16.5. The van der Waals surface area contributed by atoms with Gasteiger partial charge in [-0.1, -0.05) is 0 Å². The molecule has 1 unspecified atom stereocenters. The molecule has 1 saturated heterocycles. The number of carbonyl (C=O) groups excluding carboxylic acids is 2. The lowest BCUT2D eigenvalue weighted by Crippen LogP contribution is -2.42. The summed E-state index contributed by atoms with van der Waals surface area (Å²) in [5.74, 6) is 1.09. The van der Waals surface area contributed by atoms with E-state index < -0.39 is 17.5 Å². The minimum Gasteiger partial charge on any atom is -0.497 e. The lowest BCUT2D eigenvalue weighted by molar-refractivity contribution is 0.0252. The summed E-state index contributed by atoms with van der Waals surface area (Å²) < 4.78 is 43.7. The maximum Gasteiger partial charge on any atom is 0.410 e. The van der Waals surface area contributed by atoms with Crippen molar-refractivity contribution in [1.29, 1.82) is 0 Å². The minimum atomic E-state index is -0.636. The van der Waals surface area contributed by atoms with Crippen LogP contribution < -0.4 is 24.8 Å². The van der Waals surface area contributed by atoms with Crippen molar-refractivity contribution in [3.63, 3.8) is 0 Å². The summed E-state index contributed by atoms with van der Waals surface area (Å²) in [6.45, 7) is 7.42. The first-order valence-electron chi connectivity index (χ1n) is 16.5. The first kappa shape index (κ1) is 35.5. The van der Waals surface area contributed by atoms with Gasteiger partial charge < -0.3 is 44.1 Å². The lowest BCUT2D eigenvalue weighted by Gasteiger charge is -2.29. The van der Waals surface area contributed by atoms with E-state index in [1.165, 1.54) is 0 Å². The Balaban J connectivity index is 1.45. The van der Waals surface area contributed by atoms with Gasteiger partial charge in [-0.3, -0.25) is 4.79 Å². The molecule has 0 radical (unpaired) electrons. The highest BCUT2D eigenvalue weighted by atomic mass is 19.1. The summed E-state index contributed by atoms with van der Waals surface area (Å²) >= 11 is 0. The van der Waals surface area contributed by atoms with Gasteiger partial charge in [0.15, 0.2) is 11.6 Å². The molecule has 2 aromatic carbocycles. The Morgan fingerprint density at radius 1 is 1.00 bits per heavy atom. The third-order valence-electron chi connectivity index (χ3n) is 8.28. The first-order valence-corrected chi connectivity index (χ1v) is 16.5. The highest BCUT2D eigenvalue weighted by Gasteiger charge is 2.37. The van der Waals surface area contributed by atoms with Crippen molar-refractivity contribution < 1.29 is 37.7 Å². The average Bonchev–Trinajstić information content (AvgIpc) is 3.23. The fourth-order valence-electron chi connectivity index (χ4n) is 5.87. The van der Waals surface area contributed by atoms with Gasteiger partial charge in [0.05, 0.1) is 32.9 Å². The number of amides is 2. The zero-order valence-corrected chi connectivity index (χ0v) is 29.1. The second kappa shape index (κ2) is 15.6. The standard InChI is InChI=1S/C36H46FN5O7/c1-36(2,3)49-35(44)41-16-8-7-9-25(21-41)39-33-31(37)28-22-42(20-23-10-13-27(46-5)19-29(23)47-6)34(43)30(28)32(40-33)38-24-11-14-26(15-12-24)48-18-17-45-4/h10-15,19,25H,7-9,16-18,20-22H2,1-6H3,(H2,38,39,40). The van der Waals surface area contributed by atoms with Gasteiger partial charge >= 0.3 is 6.09 Å². The van der Waals surface area contributed by atoms with Crippen molar-refractivity contribution in [2.45, 2.75) is 64.8 Å². The fourth-order valence-corrected chi connectivity index (χ4v) is 5.87. The lowest BCUT2D eigenvalue weighted by atomic mass is 10.1. The summed E-state index contributed by atoms with van der Waals surface area (Å²) in [4.78, 5) is 34.8. The molecule has 2 aliphatic heterocycles. The molecule has 12 nitrogen and oxygen atoms in total. The molecule has 0 bridgehead atoms. The summed E-state index contributed by atoms with van der Waals surface area (Å²) in [6.07, 6.45) is 1.93. The van der Waals surface area contributed by atoms with Crippen LogP contribution >= 0.6 is 0 Å². The van der Waals surface area contributed by atoms with E-state index in [2.05, 4.69) is 15.6 Å². The highest BCUT2D eigenvalue weighted by Crippen LogP contribution is 2.37. The summed E-state index contributed by atoms with van der Waals surface area (Å²) in [5, 5.41) is 6.52. The van der Waals surface area contributed by atoms with Crippen molar-refractivity contribution in [2.24, 2.45) is 0 Å². The number of pyridine rings is 1. The Bertz CT molecular complexity index is 1630. The number of benzene rings is 2. The molecule has 49 heavy (non-hydrogen) atoms. The molecule has 1 aromatic heterocycles. The molecule has 3 aromatic rings. The Morgan fingerprint density at radius 2 is 1.76 bits per heavy atom. The molecule has 1 atom stereocenters. The van der Waals surface area contributed by atoms with Crippen molar-refractivity contribution in [3.05, 3.63) is 65.0 Å². The van der Waals surface area contributed by atoms with Gasteiger partial charge in [0.1, 0.15) is 35.3 Å². The number of anilines is 3. The van der Waals surface area contributed by atoms with Gasteiger partial charge in [0, 0.05) is 55.7 Å². The van der Waals surface area contributed by atoms with E-state index in [-0.39, 0.29) is 47.8 Å². The molecule has 0 spiro atoms. The molecule has 13 heteroatoms. The van der Waals surface area contributed by atoms with E-state index in [0.717, 1.165) is 18.4 Å². The maximum atomic E-state index is 16.5. The third kappa shape index (κ3) is 8.83. The number of methoxy groups -OCH3 is 3. The van der Waals surface area contributed by atoms with Crippen LogP contribution in [-0.4, -0.2) is 86.1 Å². The molecular formula is C36H46FN5O7. The van der Waals surface area contributed by atoms with Gasteiger partial charge in [-0.25, -0.2) is 14.2 Å². The Morgan fingerprint density at radius 3 is 2.45 bits per heavy atom. The van der Waals surface area contributed by atoms with Gasteiger partial charge in [-0.05, 0) is 76.4 Å². The van der Waals surface area contributed by atoms with Crippen LogP contribution in [0.4, 0.5) is 26.5 Å². The third-order valence-corrected chi connectivity index (χ3v) is 8.28. The van der Waals surface area contributed by atoms with Crippen LogP contribution in [0.5, 0.6) is 17.2 Å². The topological polar surface area (TPSA) is 124 Å². The molecule has 3 heterocycles. The predicted octanol–water partition coefficient (Wildman–Crippen LogP) is 6.36. The minimum absolute atomic E-state index is 0.00786. The Labute approximate surface area is 286 Å². The largest absolute Gasteiger partial charge is 0.497 e. The molecule has 2 amide bonds. The number of nitrogens with zero attached hydrogens (tertiary/aromatic N) is 3.